The van der Waals surface area contributed by atoms with E-state index in [1.807, 2.05) is 19.1 Å². The molecule has 0 aromatic carbocycles. The largest absolute Gasteiger partial charge is 0.330 e. The highest BCUT2D eigenvalue weighted by Crippen LogP contribution is 2.22. The summed E-state index contributed by atoms with van der Waals surface area (Å²) in [7, 11) is 0. The van der Waals surface area contributed by atoms with Crippen molar-refractivity contribution < 1.29 is 0 Å². The molecule has 0 bridgehead atoms. The second kappa shape index (κ2) is 7.40. The topological polar surface area (TPSA) is 61.3 Å². The number of guanidine groups is 1. The molecule has 0 spiro atoms. The highest BCUT2D eigenvalue weighted by atomic mass is 15.3. The lowest BCUT2D eigenvalue weighted by molar-refractivity contribution is 0.405. The summed E-state index contributed by atoms with van der Waals surface area (Å²) in [6.45, 7) is 9.37. The van der Waals surface area contributed by atoms with Crippen molar-refractivity contribution in [2.45, 2.75) is 52.6 Å². The number of pyridine rings is 1. The molecule has 22 heavy (non-hydrogen) atoms. The van der Waals surface area contributed by atoms with Crippen LogP contribution in [0.15, 0.2) is 35.1 Å². The molecule has 0 saturated heterocycles. The van der Waals surface area contributed by atoms with Crippen LogP contribution in [-0.2, 0) is 0 Å². The predicted molar refractivity (Wildman–Crippen MR) is 92.9 cm³/mol. The molecule has 5 nitrogen and oxygen atoms in total. The average Bonchev–Trinajstić information content (AvgIpc) is 2.50. The number of aryl methyl sites for hydroxylation is 1. The summed E-state index contributed by atoms with van der Waals surface area (Å²) in [5, 5.41) is 10.2. The Morgan fingerprint density at radius 1 is 1.27 bits per heavy atom. The van der Waals surface area contributed by atoms with Crippen LogP contribution in [-0.4, -0.2) is 23.2 Å². The Bertz CT molecular complexity index is 564. The summed E-state index contributed by atoms with van der Waals surface area (Å²) >= 11 is 0. The van der Waals surface area contributed by atoms with Crippen molar-refractivity contribution in [2.24, 2.45) is 4.99 Å². The summed E-state index contributed by atoms with van der Waals surface area (Å²) < 4.78 is 0. The van der Waals surface area contributed by atoms with Gasteiger partial charge in [0.1, 0.15) is 11.5 Å². The van der Waals surface area contributed by atoms with E-state index in [0.717, 1.165) is 43.1 Å². The first-order chi connectivity index (χ1) is 10.6. The van der Waals surface area contributed by atoms with Gasteiger partial charge in [-0.15, -0.1) is 0 Å². The third-order valence-electron chi connectivity index (χ3n) is 3.79. The highest BCUT2D eigenvalue weighted by molar-refractivity contribution is 5.95. The Hall–Kier alpha value is -1.88. The van der Waals surface area contributed by atoms with Gasteiger partial charge in [0, 0.05) is 11.9 Å². The van der Waals surface area contributed by atoms with Crippen LogP contribution in [0.25, 0.3) is 0 Å². The zero-order valence-corrected chi connectivity index (χ0v) is 14.0. The van der Waals surface area contributed by atoms with Crippen molar-refractivity contribution in [3.63, 3.8) is 0 Å². The van der Waals surface area contributed by atoms with Gasteiger partial charge in [-0.05, 0) is 44.0 Å². The molecule has 120 valence electrons. The van der Waals surface area contributed by atoms with E-state index in [1.165, 1.54) is 5.70 Å². The van der Waals surface area contributed by atoms with Gasteiger partial charge in [-0.25, -0.2) is 9.98 Å². The number of allylic oxidation sites excluding steroid dienone is 1. The third kappa shape index (κ3) is 3.85. The Morgan fingerprint density at radius 2 is 2.09 bits per heavy atom. The van der Waals surface area contributed by atoms with Crippen molar-refractivity contribution >= 4 is 11.8 Å². The van der Waals surface area contributed by atoms with Gasteiger partial charge >= 0.3 is 0 Å². The number of likely N-dealkylation sites (N-methyl/N-ethyl adjacent to an activating group) is 1. The number of nitrogens with one attached hydrogen (secondary N) is 3. The van der Waals surface area contributed by atoms with Gasteiger partial charge in [0.25, 0.3) is 0 Å². The fourth-order valence-electron chi connectivity index (χ4n) is 2.63. The van der Waals surface area contributed by atoms with Gasteiger partial charge in [0.05, 0.1) is 0 Å². The molecule has 0 aliphatic carbocycles. The zero-order chi connectivity index (χ0) is 16.0. The third-order valence-corrected chi connectivity index (χ3v) is 3.79. The van der Waals surface area contributed by atoms with E-state index in [-0.39, 0.29) is 5.66 Å². The standard InChI is InChI=1S/C17H27N5/c1-5-9-14-12-17(6-2,19-7-3)22-16(20-14)21-15-13(4)10-8-11-18-15/h8,10-12,19H,5-7,9H2,1-4H3,(H2,18,20,21,22). The van der Waals surface area contributed by atoms with Crippen LogP contribution in [0.5, 0.6) is 0 Å². The maximum absolute atomic E-state index is 4.86. The molecule has 1 unspecified atom stereocenters. The molecule has 5 heteroatoms. The lowest BCUT2D eigenvalue weighted by Crippen LogP contribution is -2.49. The van der Waals surface area contributed by atoms with E-state index in [2.05, 4.69) is 47.8 Å². The van der Waals surface area contributed by atoms with E-state index in [4.69, 9.17) is 4.99 Å². The summed E-state index contributed by atoms with van der Waals surface area (Å²) in [5.74, 6) is 1.60. The van der Waals surface area contributed by atoms with Gasteiger partial charge in [-0.3, -0.25) is 5.32 Å². The van der Waals surface area contributed by atoms with Gasteiger partial charge in [0.15, 0.2) is 0 Å². The molecule has 1 aromatic heterocycles. The van der Waals surface area contributed by atoms with E-state index in [0.29, 0.717) is 0 Å². The molecular weight excluding hydrogens is 274 g/mol. The number of aromatic nitrogens is 1. The van der Waals surface area contributed by atoms with Gasteiger partial charge in [-0.1, -0.05) is 33.3 Å². The average molecular weight is 301 g/mol. The smallest absolute Gasteiger partial charge is 0.203 e. The lowest BCUT2D eigenvalue weighted by Gasteiger charge is -2.33. The van der Waals surface area contributed by atoms with E-state index >= 15 is 0 Å². The minimum Gasteiger partial charge on any atom is -0.330 e. The minimum atomic E-state index is -0.338. The van der Waals surface area contributed by atoms with Crippen LogP contribution >= 0.6 is 0 Å². The zero-order valence-electron chi connectivity index (χ0n) is 14.0. The van der Waals surface area contributed by atoms with Crippen molar-refractivity contribution in [3.8, 4) is 0 Å². The normalized spacial score (nSPS) is 20.9. The summed E-state index contributed by atoms with van der Waals surface area (Å²) in [4.78, 5) is 9.25. The molecule has 0 saturated carbocycles. The maximum Gasteiger partial charge on any atom is 0.203 e. The molecule has 2 heterocycles. The van der Waals surface area contributed by atoms with Crippen LogP contribution in [0.1, 0.15) is 45.6 Å². The fraction of sp³-hybridized carbons (Fsp3) is 0.529. The number of aliphatic imine (C=N–C) groups is 1. The number of anilines is 1. The van der Waals surface area contributed by atoms with Crippen LogP contribution < -0.4 is 16.0 Å². The van der Waals surface area contributed by atoms with Crippen molar-refractivity contribution in [2.75, 3.05) is 11.9 Å². The molecule has 1 atom stereocenters. The first-order valence-electron chi connectivity index (χ1n) is 8.14. The number of hydrogen-bond acceptors (Lipinski definition) is 5. The summed E-state index contributed by atoms with van der Waals surface area (Å²) in [5.41, 5.74) is 1.97. The Kier molecular flexibility index (Phi) is 5.55. The molecule has 0 fully saturated rings. The van der Waals surface area contributed by atoms with E-state index in [9.17, 15) is 0 Å². The maximum atomic E-state index is 4.86. The van der Waals surface area contributed by atoms with Crippen LogP contribution in [0.2, 0.25) is 0 Å². The van der Waals surface area contributed by atoms with E-state index < -0.39 is 0 Å². The highest BCUT2D eigenvalue weighted by Gasteiger charge is 2.29. The van der Waals surface area contributed by atoms with Gasteiger partial charge in [-0.2, -0.15) is 0 Å². The van der Waals surface area contributed by atoms with Crippen molar-refractivity contribution in [3.05, 3.63) is 35.7 Å². The predicted octanol–water partition coefficient (Wildman–Crippen LogP) is 3.16. The van der Waals surface area contributed by atoms with E-state index in [1.54, 1.807) is 6.20 Å². The lowest BCUT2D eigenvalue weighted by atomic mass is 10.0. The molecule has 1 aliphatic rings. The number of hydrogen-bond donors (Lipinski definition) is 3. The second-order valence-electron chi connectivity index (χ2n) is 5.61. The Labute approximate surface area is 133 Å². The first kappa shape index (κ1) is 16.5. The second-order valence-corrected chi connectivity index (χ2v) is 5.61. The number of nitrogens with zero attached hydrogens (tertiary/aromatic N) is 2. The van der Waals surface area contributed by atoms with Crippen molar-refractivity contribution in [1.29, 1.82) is 0 Å². The monoisotopic (exact) mass is 301 g/mol. The molecule has 1 aliphatic heterocycles. The number of rotatable bonds is 6. The molecule has 3 N–H and O–H groups in total. The van der Waals surface area contributed by atoms with Crippen LogP contribution in [0.4, 0.5) is 5.82 Å². The Morgan fingerprint density at radius 3 is 2.73 bits per heavy atom. The first-order valence-corrected chi connectivity index (χ1v) is 8.14. The molecular formula is C17H27N5. The molecule has 1 aromatic rings. The van der Waals surface area contributed by atoms with Crippen LogP contribution in [0.3, 0.4) is 0 Å². The Balaban J connectivity index is 2.28. The van der Waals surface area contributed by atoms with Crippen LogP contribution in [0, 0.1) is 6.92 Å². The molecule has 0 amide bonds. The summed E-state index contributed by atoms with van der Waals surface area (Å²) in [6.07, 6.45) is 7.02. The SMILES string of the molecule is CCCC1=CC(CC)(NCC)N=C(Nc2ncccc2C)N1. The quantitative estimate of drug-likeness (QED) is 0.755. The molecule has 2 rings (SSSR count). The minimum absolute atomic E-state index is 0.338. The van der Waals surface area contributed by atoms with Gasteiger partial charge < -0.3 is 10.6 Å². The van der Waals surface area contributed by atoms with Crippen molar-refractivity contribution in [1.82, 2.24) is 15.6 Å². The molecule has 0 radical (unpaired) electrons. The fourth-order valence-corrected chi connectivity index (χ4v) is 2.63. The summed E-state index contributed by atoms with van der Waals surface area (Å²) in [6, 6.07) is 3.98. The van der Waals surface area contributed by atoms with Gasteiger partial charge in [0.2, 0.25) is 5.96 Å².